The van der Waals surface area contributed by atoms with Crippen LogP contribution in [0.1, 0.15) is 17.5 Å². The molecular weight excluding hydrogens is 384 g/mol. The van der Waals surface area contributed by atoms with Gasteiger partial charge in [-0.1, -0.05) is 42.5 Å². The number of amides is 1. The lowest BCUT2D eigenvalue weighted by atomic mass is 10.0. The van der Waals surface area contributed by atoms with Gasteiger partial charge in [0, 0.05) is 32.7 Å². The van der Waals surface area contributed by atoms with Gasteiger partial charge in [0.15, 0.2) is 0 Å². The maximum Gasteiger partial charge on any atom is 0.242 e. The molecule has 5 nitrogen and oxygen atoms in total. The van der Waals surface area contributed by atoms with Gasteiger partial charge >= 0.3 is 0 Å². The SMILES string of the molecule is CN(C)S(=O)(=O)c1ccc2c(c1)CCN2C(=O)CCc1cccc2ccccc12. The van der Waals surface area contributed by atoms with E-state index in [1.807, 2.05) is 18.2 Å². The molecule has 0 radical (unpaired) electrons. The number of anilines is 1. The van der Waals surface area contributed by atoms with Gasteiger partial charge in [0.05, 0.1) is 4.90 Å². The summed E-state index contributed by atoms with van der Waals surface area (Å²) >= 11 is 0. The zero-order chi connectivity index (χ0) is 20.6. The van der Waals surface area contributed by atoms with Crippen molar-refractivity contribution >= 4 is 32.4 Å². The third-order valence-corrected chi connectivity index (χ3v) is 7.33. The molecule has 0 saturated heterocycles. The maximum absolute atomic E-state index is 12.9. The molecule has 1 amide bonds. The summed E-state index contributed by atoms with van der Waals surface area (Å²) in [6.45, 7) is 0.592. The number of rotatable bonds is 5. The monoisotopic (exact) mass is 408 g/mol. The normalized spacial score (nSPS) is 13.8. The predicted molar refractivity (Wildman–Crippen MR) is 116 cm³/mol. The lowest BCUT2D eigenvalue weighted by Gasteiger charge is -2.18. The molecule has 150 valence electrons. The summed E-state index contributed by atoms with van der Waals surface area (Å²) in [5, 5.41) is 2.36. The molecule has 4 rings (SSSR count). The second-order valence-corrected chi connectivity index (χ2v) is 9.66. The second-order valence-electron chi connectivity index (χ2n) is 7.51. The molecule has 0 atom stereocenters. The fourth-order valence-corrected chi connectivity index (χ4v) is 4.85. The van der Waals surface area contributed by atoms with Gasteiger partial charge in [-0.25, -0.2) is 12.7 Å². The number of carbonyl (C=O) groups excluding carboxylic acids is 1. The quantitative estimate of drug-likeness (QED) is 0.648. The van der Waals surface area contributed by atoms with Crippen molar-refractivity contribution in [1.29, 1.82) is 0 Å². The van der Waals surface area contributed by atoms with Crippen LogP contribution in [-0.2, 0) is 27.7 Å². The molecule has 0 fully saturated rings. The fraction of sp³-hybridized carbons (Fsp3) is 0.261. The highest BCUT2D eigenvalue weighted by Crippen LogP contribution is 2.31. The molecule has 1 heterocycles. The number of carbonyl (C=O) groups is 1. The minimum absolute atomic E-state index is 0.0694. The first-order chi connectivity index (χ1) is 13.9. The van der Waals surface area contributed by atoms with E-state index in [0.29, 0.717) is 25.8 Å². The molecule has 1 aliphatic heterocycles. The lowest BCUT2D eigenvalue weighted by Crippen LogP contribution is -2.29. The van der Waals surface area contributed by atoms with Crippen LogP contribution in [0.4, 0.5) is 5.69 Å². The zero-order valence-electron chi connectivity index (χ0n) is 16.6. The molecule has 6 heteroatoms. The second kappa shape index (κ2) is 7.61. The summed E-state index contributed by atoms with van der Waals surface area (Å²) < 4.78 is 25.9. The number of benzene rings is 3. The number of hydrogen-bond acceptors (Lipinski definition) is 3. The molecular formula is C23H24N2O3S. The molecule has 0 aliphatic carbocycles. The van der Waals surface area contributed by atoms with Crippen molar-refractivity contribution in [3.05, 3.63) is 71.8 Å². The van der Waals surface area contributed by atoms with E-state index in [0.717, 1.165) is 11.3 Å². The van der Waals surface area contributed by atoms with Crippen molar-refractivity contribution in [3.63, 3.8) is 0 Å². The highest BCUT2D eigenvalue weighted by atomic mass is 32.2. The van der Waals surface area contributed by atoms with Crippen LogP contribution in [-0.4, -0.2) is 39.3 Å². The molecule has 3 aromatic rings. The van der Waals surface area contributed by atoms with Crippen molar-refractivity contribution in [1.82, 2.24) is 4.31 Å². The van der Waals surface area contributed by atoms with Gasteiger partial charge in [-0.15, -0.1) is 0 Å². The van der Waals surface area contributed by atoms with E-state index >= 15 is 0 Å². The van der Waals surface area contributed by atoms with Crippen molar-refractivity contribution in [2.24, 2.45) is 0 Å². The molecule has 0 saturated carbocycles. The summed E-state index contributed by atoms with van der Waals surface area (Å²) in [4.78, 5) is 15.0. The van der Waals surface area contributed by atoms with Crippen LogP contribution in [0.2, 0.25) is 0 Å². The first-order valence-electron chi connectivity index (χ1n) is 9.70. The molecule has 0 spiro atoms. The summed E-state index contributed by atoms with van der Waals surface area (Å²) in [7, 11) is -0.434. The molecule has 0 N–H and O–H groups in total. The zero-order valence-corrected chi connectivity index (χ0v) is 17.4. The molecule has 3 aromatic carbocycles. The number of sulfonamides is 1. The molecule has 0 bridgehead atoms. The minimum Gasteiger partial charge on any atom is -0.312 e. The van der Waals surface area contributed by atoms with Crippen LogP contribution in [0.5, 0.6) is 0 Å². The van der Waals surface area contributed by atoms with E-state index in [2.05, 4.69) is 24.3 Å². The average Bonchev–Trinajstić information content (AvgIpc) is 3.15. The summed E-state index contributed by atoms with van der Waals surface area (Å²) in [5.74, 6) is 0.0694. The maximum atomic E-state index is 12.9. The Labute approximate surface area is 171 Å². The summed E-state index contributed by atoms with van der Waals surface area (Å²) in [5.41, 5.74) is 2.90. The molecule has 29 heavy (non-hydrogen) atoms. The van der Waals surface area contributed by atoms with Gasteiger partial charge in [0.25, 0.3) is 0 Å². The standard InChI is InChI=1S/C23H24N2O3S/c1-24(2)29(27,28)20-11-12-22-19(16-20)14-15-25(22)23(26)13-10-18-8-5-7-17-6-3-4-9-21(17)18/h3-9,11-12,16H,10,13-15H2,1-2H3. The van der Waals surface area contributed by atoms with Gasteiger partial charge in [-0.3, -0.25) is 4.79 Å². The van der Waals surface area contributed by atoms with Crippen LogP contribution in [0.3, 0.4) is 0 Å². The van der Waals surface area contributed by atoms with E-state index in [4.69, 9.17) is 0 Å². The highest BCUT2D eigenvalue weighted by molar-refractivity contribution is 7.89. The van der Waals surface area contributed by atoms with E-state index in [1.165, 1.54) is 34.7 Å². The number of hydrogen-bond donors (Lipinski definition) is 0. The topological polar surface area (TPSA) is 57.7 Å². The van der Waals surface area contributed by atoms with Gasteiger partial charge < -0.3 is 4.90 Å². The van der Waals surface area contributed by atoms with Crippen molar-refractivity contribution in [3.8, 4) is 0 Å². The van der Waals surface area contributed by atoms with Crippen LogP contribution in [0.15, 0.2) is 65.6 Å². The van der Waals surface area contributed by atoms with E-state index in [1.54, 1.807) is 23.1 Å². The Morgan fingerprint density at radius 3 is 2.59 bits per heavy atom. The Balaban J connectivity index is 1.52. The Kier molecular flexibility index (Phi) is 5.15. The van der Waals surface area contributed by atoms with Crippen LogP contribution in [0.25, 0.3) is 10.8 Å². The summed E-state index contributed by atoms with van der Waals surface area (Å²) in [6.07, 6.45) is 1.77. The first kappa shape index (κ1) is 19.6. The van der Waals surface area contributed by atoms with Crippen LogP contribution < -0.4 is 4.90 Å². The molecule has 0 aromatic heterocycles. The molecule has 0 unspecified atom stereocenters. The van der Waals surface area contributed by atoms with Crippen molar-refractivity contribution in [2.75, 3.05) is 25.5 Å². The average molecular weight is 409 g/mol. The van der Waals surface area contributed by atoms with Gasteiger partial charge in [0.2, 0.25) is 15.9 Å². The van der Waals surface area contributed by atoms with E-state index in [9.17, 15) is 13.2 Å². The lowest BCUT2D eigenvalue weighted by molar-refractivity contribution is -0.118. The third-order valence-electron chi connectivity index (χ3n) is 5.51. The van der Waals surface area contributed by atoms with Crippen LogP contribution >= 0.6 is 0 Å². The van der Waals surface area contributed by atoms with Crippen molar-refractivity contribution < 1.29 is 13.2 Å². The number of fused-ring (bicyclic) bond motifs is 2. The van der Waals surface area contributed by atoms with Gasteiger partial charge in [0.1, 0.15) is 0 Å². The minimum atomic E-state index is -3.47. The Hall–Kier alpha value is -2.70. The largest absolute Gasteiger partial charge is 0.312 e. The number of nitrogens with zero attached hydrogens (tertiary/aromatic N) is 2. The predicted octanol–water partition coefficient (Wildman–Crippen LogP) is 3.61. The number of aryl methyl sites for hydroxylation is 1. The molecule has 1 aliphatic rings. The Morgan fingerprint density at radius 1 is 1.03 bits per heavy atom. The fourth-order valence-electron chi connectivity index (χ4n) is 3.90. The van der Waals surface area contributed by atoms with E-state index < -0.39 is 10.0 Å². The van der Waals surface area contributed by atoms with Gasteiger partial charge in [-0.05, 0) is 52.9 Å². The first-order valence-corrected chi connectivity index (χ1v) is 11.1. The smallest absolute Gasteiger partial charge is 0.242 e. The third kappa shape index (κ3) is 3.66. The van der Waals surface area contributed by atoms with E-state index in [-0.39, 0.29) is 10.8 Å². The highest BCUT2D eigenvalue weighted by Gasteiger charge is 2.27. The summed E-state index contributed by atoms with van der Waals surface area (Å²) in [6, 6.07) is 19.4. The van der Waals surface area contributed by atoms with Gasteiger partial charge in [-0.2, -0.15) is 0 Å². The van der Waals surface area contributed by atoms with Crippen molar-refractivity contribution in [2.45, 2.75) is 24.2 Å². The Morgan fingerprint density at radius 2 is 1.79 bits per heavy atom. The van der Waals surface area contributed by atoms with Crippen LogP contribution in [0, 0.1) is 0 Å². The Bertz CT molecular complexity index is 1180.